The Morgan fingerprint density at radius 1 is 1.19 bits per heavy atom. The van der Waals surface area contributed by atoms with Gasteiger partial charge in [-0.1, -0.05) is 12.1 Å². The topological polar surface area (TPSA) is 78.4 Å². The predicted octanol–water partition coefficient (Wildman–Crippen LogP) is 2.75. The van der Waals surface area contributed by atoms with Crippen molar-refractivity contribution in [2.45, 2.75) is 20.0 Å². The molecule has 0 saturated heterocycles. The van der Waals surface area contributed by atoms with Gasteiger partial charge in [0.15, 0.2) is 0 Å². The molecule has 0 fully saturated rings. The Balaban J connectivity index is 1.82. The number of aromatic carboxylic acids is 1. The van der Waals surface area contributed by atoms with E-state index in [9.17, 15) is 9.59 Å². The fourth-order valence-corrected chi connectivity index (χ4v) is 2.66. The first-order valence-corrected chi connectivity index (χ1v) is 7.36. The van der Waals surface area contributed by atoms with Crippen LogP contribution < -0.4 is 10.6 Å². The molecule has 2 rings (SSSR count). The Bertz CT molecular complexity index is 652. The molecule has 0 saturated carbocycles. The molecule has 0 atom stereocenters. The molecule has 0 unspecified atom stereocenters. The van der Waals surface area contributed by atoms with Crippen molar-refractivity contribution in [2.75, 3.05) is 0 Å². The highest BCUT2D eigenvalue weighted by Crippen LogP contribution is 2.12. The van der Waals surface area contributed by atoms with Gasteiger partial charge in [-0.05, 0) is 46.5 Å². The molecule has 0 aliphatic carbocycles. The van der Waals surface area contributed by atoms with E-state index >= 15 is 0 Å². The molecule has 3 N–H and O–H groups in total. The zero-order chi connectivity index (χ0) is 15.2. The van der Waals surface area contributed by atoms with Gasteiger partial charge in [-0.3, -0.25) is 0 Å². The molecule has 0 bridgehead atoms. The smallest absolute Gasteiger partial charge is 0.335 e. The van der Waals surface area contributed by atoms with Crippen molar-refractivity contribution in [1.82, 2.24) is 10.6 Å². The lowest BCUT2D eigenvalue weighted by atomic mass is 10.1. The van der Waals surface area contributed by atoms with Crippen molar-refractivity contribution in [3.63, 3.8) is 0 Å². The summed E-state index contributed by atoms with van der Waals surface area (Å²) in [6, 6.07) is 6.22. The summed E-state index contributed by atoms with van der Waals surface area (Å²) in [5.41, 5.74) is 3.22. The van der Waals surface area contributed by atoms with E-state index in [0.29, 0.717) is 6.54 Å². The summed E-state index contributed by atoms with van der Waals surface area (Å²) in [7, 11) is 0. The van der Waals surface area contributed by atoms with E-state index in [1.54, 1.807) is 29.5 Å². The number of urea groups is 1. The lowest BCUT2D eigenvalue weighted by Gasteiger charge is -2.08. The van der Waals surface area contributed by atoms with E-state index in [1.165, 1.54) is 6.07 Å². The number of carbonyl (C=O) groups is 2. The first-order chi connectivity index (χ1) is 10.1. The zero-order valence-electron chi connectivity index (χ0n) is 11.6. The summed E-state index contributed by atoms with van der Waals surface area (Å²) < 4.78 is 0. The third-order valence-corrected chi connectivity index (χ3v) is 3.94. The van der Waals surface area contributed by atoms with E-state index in [0.717, 1.165) is 16.7 Å². The Kier molecular flexibility index (Phi) is 4.94. The summed E-state index contributed by atoms with van der Waals surface area (Å²) in [5.74, 6) is -0.978. The van der Waals surface area contributed by atoms with Gasteiger partial charge in [-0.2, -0.15) is 11.3 Å². The molecule has 0 aliphatic heterocycles. The van der Waals surface area contributed by atoms with E-state index < -0.39 is 5.97 Å². The van der Waals surface area contributed by atoms with Crippen LogP contribution in [0, 0.1) is 6.92 Å². The van der Waals surface area contributed by atoms with Crippen LogP contribution in [0.2, 0.25) is 0 Å². The van der Waals surface area contributed by atoms with Crippen LogP contribution in [0.25, 0.3) is 0 Å². The largest absolute Gasteiger partial charge is 0.478 e. The van der Waals surface area contributed by atoms with Crippen LogP contribution in [0.1, 0.15) is 27.0 Å². The van der Waals surface area contributed by atoms with Gasteiger partial charge < -0.3 is 15.7 Å². The molecule has 1 aromatic heterocycles. The van der Waals surface area contributed by atoms with Gasteiger partial charge in [0.05, 0.1) is 5.56 Å². The minimum atomic E-state index is -0.978. The van der Waals surface area contributed by atoms with Crippen molar-refractivity contribution < 1.29 is 14.7 Å². The van der Waals surface area contributed by atoms with Gasteiger partial charge in [-0.15, -0.1) is 0 Å². The standard InChI is InChI=1S/C15H16N2O3S/c1-10-8-21-9-13(10)7-17-15(20)16-6-11-3-2-4-12(5-11)14(18)19/h2-5,8-9H,6-7H2,1H3,(H,18,19)(H2,16,17,20). The number of rotatable bonds is 5. The van der Waals surface area contributed by atoms with Crippen molar-refractivity contribution in [2.24, 2.45) is 0 Å². The van der Waals surface area contributed by atoms with E-state index in [2.05, 4.69) is 10.6 Å². The predicted molar refractivity (Wildman–Crippen MR) is 81.5 cm³/mol. The zero-order valence-corrected chi connectivity index (χ0v) is 12.4. The number of hydrogen-bond acceptors (Lipinski definition) is 3. The van der Waals surface area contributed by atoms with Gasteiger partial charge in [0.25, 0.3) is 0 Å². The summed E-state index contributed by atoms with van der Waals surface area (Å²) in [4.78, 5) is 22.6. The number of carboxylic acid groups (broad SMARTS) is 1. The van der Waals surface area contributed by atoms with Gasteiger partial charge in [0.1, 0.15) is 0 Å². The van der Waals surface area contributed by atoms with E-state index in [-0.39, 0.29) is 18.1 Å². The molecular formula is C15H16N2O3S. The second-order valence-corrected chi connectivity index (χ2v) is 5.37. The Morgan fingerprint density at radius 3 is 2.62 bits per heavy atom. The Hall–Kier alpha value is -2.34. The van der Waals surface area contributed by atoms with Crippen LogP contribution in [-0.4, -0.2) is 17.1 Å². The fraction of sp³-hybridized carbons (Fsp3) is 0.200. The summed E-state index contributed by atoms with van der Waals surface area (Å²) in [6.45, 7) is 2.77. The van der Waals surface area contributed by atoms with E-state index in [4.69, 9.17) is 5.11 Å². The average molecular weight is 304 g/mol. The van der Waals surface area contributed by atoms with Crippen LogP contribution in [0.4, 0.5) is 4.79 Å². The summed E-state index contributed by atoms with van der Waals surface area (Å²) in [5, 5.41) is 18.4. The minimum absolute atomic E-state index is 0.212. The van der Waals surface area contributed by atoms with Crippen LogP contribution in [0.5, 0.6) is 0 Å². The molecule has 110 valence electrons. The molecule has 1 aromatic carbocycles. The number of hydrogen-bond donors (Lipinski definition) is 3. The molecule has 0 spiro atoms. The lowest BCUT2D eigenvalue weighted by molar-refractivity contribution is 0.0696. The van der Waals surface area contributed by atoms with Crippen molar-refractivity contribution in [1.29, 1.82) is 0 Å². The number of carbonyl (C=O) groups excluding carboxylic acids is 1. The highest BCUT2D eigenvalue weighted by molar-refractivity contribution is 7.08. The molecule has 1 heterocycles. The average Bonchev–Trinajstić information content (AvgIpc) is 2.88. The number of thiophene rings is 1. The minimum Gasteiger partial charge on any atom is -0.478 e. The second kappa shape index (κ2) is 6.90. The number of carboxylic acids is 1. The van der Waals surface area contributed by atoms with Crippen LogP contribution >= 0.6 is 11.3 Å². The Labute approximate surface area is 126 Å². The summed E-state index contributed by atoms with van der Waals surface area (Å²) in [6.07, 6.45) is 0. The second-order valence-electron chi connectivity index (χ2n) is 4.62. The molecule has 0 aliphatic rings. The highest BCUT2D eigenvalue weighted by Gasteiger charge is 2.05. The van der Waals surface area contributed by atoms with Gasteiger partial charge in [-0.25, -0.2) is 9.59 Å². The number of benzene rings is 1. The number of amides is 2. The van der Waals surface area contributed by atoms with Crippen LogP contribution in [0.15, 0.2) is 35.0 Å². The van der Waals surface area contributed by atoms with Gasteiger partial charge >= 0.3 is 12.0 Å². The molecule has 6 heteroatoms. The Morgan fingerprint density at radius 2 is 1.95 bits per heavy atom. The summed E-state index contributed by atoms with van der Waals surface area (Å²) >= 11 is 1.61. The molecule has 21 heavy (non-hydrogen) atoms. The number of aryl methyl sites for hydroxylation is 1. The normalized spacial score (nSPS) is 10.1. The highest BCUT2D eigenvalue weighted by atomic mass is 32.1. The lowest BCUT2D eigenvalue weighted by Crippen LogP contribution is -2.34. The first kappa shape index (κ1) is 15.1. The maximum atomic E-state index is 11.7. The molecule has 5 nitrogen and oxygen atoms in total. The third kappa shape index (κ3) is 4.32. The van der Waals surface area contributed by atoms with E-state index in [1.807, 2.05) is 17.7 Å². The van der Waals surface area contributed by atoms with Crippen LogP contribution in [0.3, 0.4) is 0 Å². The van der Waals surface area contributed by atoms with Gasteiger partial charge in [0.2, 0.25) is 0 Å². The SMILES string of the molecule is Cc1cscc1CNC(=O)NCc1cccc(C(=O)O)c1. The maximum absolute atomic E-state index is 11.7. The fourth-order valence-electron chi connectivity index (χ4n) is 1.80. The van der Waals surface area contributed by atoms with Gasteiger partial charge in [0, 0.05) is 13.1 Å². The third-order valence-electron chi connectivity index (χ3n) is 3.03. The maximum Gasteiger partial charge on any atom is 0.335 e. The molecule has 2 amide bonds. The first-order valence-electron chi connectivity index (χ1n) is 6.42. The van der Waals surface area contributed by atoms with Crippen molar-refractivity contribution >= 4 is 23.3 Å². The monoisotopic (exact) mass is 304 g/mol. The molecule has 2 aromatic rings. The van der Waals surface area contributed by atoms with Crippen molar-refractivity contribution in [3.8, 4) is 0 Å². The molecule has 0 radical (unpaired) electrons. The molecular weight excluding hydrogens is 288 g/mol. The van der Waals surface area contributed by atoms with Crippen LogP contribution in [-0.2, 0) is 13.1 Å². The van der Waals surface area contributed by atoms with Crippen molar-refractivity contribution in [3.05, 3.63) is 57.3 Å². The quantitative estimate of drug-likeness (QED) is 0.794. The number of nitrogens with one attached hydrogen (secondary N) is 2.